The molecule has 0 unspecified atom stereocenters. The van der Waals surface area contributed by atoms with Gasteiger partial charge >= 0.3 is 11.9 Å². The Hall–Kier alpha value is -5.19. The Kier molecular flexibility index (Phi) is 7.31. The normalized spacial score (nSPS) is 18.0. The molecule has 0 aliphatic carbocycles. The van der Waals surface area contributed by atoms with E-state index in [1.54, 1.807) is 35.2 Å². The lowest BCUT2D eigenvalue weighted by molar-refractivity contribution is 0.0545. The lowest BCUT2D eigenvalue weighted by Crippen LogP contribution is -2.51. The third-order valence-corrected chi connectivity index (χ3v) is 7.97. The first-order valence-corrected chi connectivity index (χ1v) is 13.6. The van der Waals surface area contributed by atoms with Crippen molar-refractivity contribution in [2.24, 2.45) is 0 Å². The van der Waals surface area contributed by atoms with Gasteiger partial charge in [-0.15, -0.1) is 0 Å². The van der Waals surface area contributed by atoms with Crippen LogP contribution in [-0.4, -0.2) is 52.2 Å². The van der Waals surface area contributed by atoms with Crippen molar-refractivity contribution in [1.29, 1.82) is 0 Å². The van der Waals surface area contributed by atoms with Crippen LogP contribution in [0.25, 0.3) is 0 Å². The van der Waals surface area contributed by atoms with E-state index in [-0.39, 0.29) is 22.4 Å². The number of carbonyl (C=O) groups is 3. The summed E-state index contributed by atoms with van der Waals surface area (Å²) in [5.41, 5.74) is -0.713. The fourth-order valence-corrected chi connectivity index (χ4v) is 6.11. The second kappa shape index (κ2) is 11.2. The predicted molar refractivity (Wildman–Crippen MR) is 149 cm³/mol. The highest BCUT2D eigenvalue weighted by Gasteiger charge is 2.49. The zero-order valence-corrected chi connectivity index (χ0v) is 22.9. The van der Waals surface area contributed by atoms with Crippen molar-refractivity contribution in [3.05, 3.63) is 129 Å². The number of amides is 1. The lowest BCUT2D eigenvalue weighted by Gasteiger charge is -2.42. The largest absolute Gasteiger partial charge is 0.465 e. The number of hydrogen-bond acceptors (Lipinski definition) is 7. The number of ether oxygens (including phenoxy) is 2. The van der Waals surface area contributed by atoms with E-state index in [4.69, 9.17) is 9.47 Å². The molecule has 1 aromatic heterocycles. The smallest absolute Gasteiger partial charge is 0.344 e. The summed E-state index contributed by atoms with van der Waals surface area (Å²) >= 11 is 0. The van der Waals surface area contributed by atoms with Crippen molar-refractivity contribution < 1.29 is 32.6 Å². The molecule has 2 aliphatic heterocycles. The van der Waals surface area contributed by atoms with Crippen LogP contribution in [0.5, 0.6) is 5.75 Å². The molecule has 0 radical (unpaired) electrons. The third-order valence-electron chi connectivity index (χ3n) is 7.97. The molecule has 0 spiro atoms. The van der Waals surface area contributed by atoms with Gasteiger partial charge in [0.15, 0.2) is 17.3 Å². The Morgan fingerprint density at radius 3 is 2.35 bits per heavy atom. The van der Waals surface area contributed by atoms with Gasteiger partial charge in [0.25, 0.3) is 5.91 Å². The number of hydrogen-bond donors (Lipinski definition) is 0. The quantitative estimate of drug-likeness (QED) is 0.306. The number of esters is 2. The van der Waals surface area contributed by atoms with E-state index >= 15 is 4.39 Å². The molecule has 11 heteroatoms. The van der Waals surface area contributed by atoms with Gasteiger partial charge < -0.3 is 14.4 Å². The molecule has 3 heterocycles. The van der Waals surface area contributed by atoms with Crippen LogP contribution in [-0.2, 0) is 4.74 Å². The second-order valence-corrected chi connectivity index (χ2v) is 10.3. The minimum Gasteiger partial charge on any atom is -0.465 e. The Morgan fingerprint density at radius 2 is 1.63 bits per heavy atom. The van der Waals surface area contributed by atoms with Crippen molar-refractivity contribution in [3.8, 4) is 5.75 Å². The first-order valence-electron chi connectivity index (χ1n) is 13.6. The highest BCUT2D eigenvalue weighted by molar-refractivity contribution is 6.04. The first-order chi connectivity index (χ1) is 20.8. The Balaban J connectivity index is 1.54. The monoisotopic (exact) mass is 585 g/mol. The molecule has 9 nitrogen and oxygen atoms in total. The molecular weight excluding hydrogens is 560 g/mol. The summed E-state index contributed by atoms with van der Waals surface area (Å²) < 4.78 is 41.7. The van der Waals surface area contributed by atoms with E-state index in [1.165, 1.54) is 41.1 Å². The van der Waals surface area contributed by atoms with E-state index in [0.717, 1.165) is 19.4 Å². The highest BCUT2D eigenvalue weighted by atomic mass is 19.2. The van der Waals surface area contributed by atoms with Crippen LogP contribution in [0.15, 0.2) is 83.8 Å². The van der Waals surface area contributed by atoms with Gasteiger partial charge in [-0.25, -0.2) is 23.1 Å². The summed E-state index contributed by atoms with van der Waals surface area (Å²) in [6.07, 6.45) is 2.10. The summed E-state index contributed by atoms with van der Waals surface area (Å²) in [5.74, 6) is -5.92. The minimum absolute atomic E-state index is 0.0504. The van der Waals surface area contributed by atoms with Crippen LogP contribution < -0.4 is 10.2 Å². The highest BCUT2D eigenvalue weighted by Crippen LogP contribution is 2.46. The van der Waals surface area contributed by atoms with E-state index < -0.39 is 58.7 Å². The second-order valence-electron chi connectivity index (χ2n) is 10.3. The molecule has 218 valence electrons. The Bertz CT molecular complexity index is 1810. The van der Waals surface area contributed by atoms with Crippen LogP contribution in [0.3, 0.4) is 0 Å². The molecular formula is C32H25F2N3O6. The number of halogens is 2. The molecule has 6 rings (SSSR count). The molecule has 0 bridgehead atoms. The lowest BCUT2D eigenvalue weighted by atomic mass is 9.79. The SMILES string of the molecule is COC(=O)c1ccccc1C(=O)Oc1c2n(ncc1=O)[C@@H]([C@H](c1ccccc1)c1cccc(F)c1F)[C@H]1CCCN1C2=O. The average Bonchev–Trinajstić information content (AvgIpc) is 3.52. The summed E-state index contributed by atoms with van der Waals surface area (Å²) in [5, 5.41) is 4.31. The average molecular weight is 586 g/mol. The molecule has 1 saturated heterocycles. The van der Waals surface area contributed by atoms with Gasteiger partial charge in [-0.2, -0.15) is 5.10 Å². The van der Waals surface area contributed by atoms with E-state index in [9.17, 15) is 23.6 Å². The summed E-state index contributed by atoms with van der Waals surface area (Å²) in [4.78, 5) is 54.3. The molecule has 2 aliphatic rings. The predicted octanol–water partition coefficient (Wildman–Crippen LogP) is 4.52. The molecule has 3 atom stereocenters. The summed E-state index contributed by atoms with van der Waals surface area (Å²) in [6.45, 7) is 0.342. The van der Waals surface area contributed by atoms with Gasteiger partial charge in [0.2, 0.25) is 11.2 Å². The number of rotatable bonds is 6. The van der Waals surface area contributed by atoms with E-state index in [1.807, 2.05) is 0 Å². The Labute approximate surface area is 244 Å². The van der Waals surface area contributed by atoms with Crippen molar-refractivity contribution >= 4 is 17.8 Å². The maximum Gasteiger partial charge on any atom is 0.344 e. The zero-order valence-electron chi connectivity index (χ0n) is 22.9. The molecule has 0 N–H and O–H groups in total. The van der Waals surface area contributed by atoms with E-state index in [2.05, 4.69) is 5.10 Å². The fraction of sp³-hybridized carbons (Fsp3) is 0.219. The number of aromatic nitrogens is 2. The van der Waals surface area contributed by atoms with Crippen molar-refractivity contribution in [2.45, 2.75) is 30.8 Å². The number of benzene rings is 3. The van der Waals surface area contributed by atoms with Gasteiger partial charge in [-0.3, -0.25) is 9.59 Å². The first kappa shape index (κ1) is 28.0. The van der Waals surface area contributed by atoms with Crippen molar-refractivity contribution in [3.63, 3.8) is 0 Å². The third kappa shape index (κ3) is 4.76. The zero-order chi connectivity index (χ0) is 30.2. The van der Waals surface area contributed by atoms with Crippen molar-refractivity contribution in [1.82, 2.24) is 14.7 Å². The minimum atomic E-state index is -1.06. The van der Waals surface area contributed by atoms with Crippen LogP contribution in [0, 0.1) is 11.6 Å². The van der Waals surface area contributed by atoms with Crippen LogP contribution >= 0.6 is 0 Å². The van der Waals surface area contributed by atoms with Gasteiger partial charge in [0.1, 0.15) is 0 Å². The maximum atomic E-state index is 15.5. The number of nitrogens with zero attached hydrogens (tertiary/aromatic N) is 3. The molecule has 43 heavy (non-hydrogen) atoms. The van der Waals surface area contributed by atoms with Gasteiger partial charge in [-0.05, 0) is 36.6 Å². The van der Waals surface area contributed by atoms with Crippen LogP contribution in [0.4, 0.5) is 8.78 Å². The molecule has 1 amide bonds. The number of fused-ring (bicyclic) bond motifs is 2. The maximum absolute atomic E-state index is 15.5. The molecule has 0 saturated carbocycles. The standard InChI is InChI=1S/C32H25F2N3O6/c1-42-31(40)19-11-5-6-12-20(19)32(41)43-29-24(38)17-35-37-27(23-15-8-16-36(23)30(39)28(29)37)25(18-9-3-2-4-10-18)21-13-7-14-22(33)26(21)34/h2-7,9-14,17,23,25,27H,8,15-16H2,1H3/t23-,25-,27-/m1/s1. The van der Waals surface area contributed by atoms with Crippen LogP contribution in [0.1, 0.15) is 67.1 Å². The number of carbonyl (C=O) groups excluding carboxylic acids is 3. The summed E-state index contributed by atoms with van der Waals surface area (Å²) in [6, 6.07) is 17.3. The van der Waals surface area contributed by atoms with Gasteiger partial charge in [-0.1, -0.05) is 54.6 Å². The van der Waals surface area contributed by atoms with Crippen LogP contribution in [0.2, 0.25) is 0 Å². The molecule has 4 aromatic rings. The van der Waals surface area contributed by atoms with Gasteiger partial charge in [0, 0.05) is 18.0 Å². The van der Waals surface area contributed by atoms with Gasteiger partial charge in [0.05, 0.1) is 36.5 Å². The van der Waals surface area contributed by atoms with E-state index in [0.29, 0.717) is 24.9 Å². The summed E-state index contributed by atoms with van der Waals surface area (Å²) in [7, 11) is 1.16. The molecule has 1 fully saturated rings. The topological polar surface area (TPSA) is 108 Å². The fourth-order valence-electron chi connectivity index (χ4n) is 6.11. The Morgan fingerprint density at radius 1 is 0.930 bits per heavy atom. The van der Waals surface area contributed by atoms with Crippen molar-refractivity contribution in [2.75, 3.05) is 13.7 Å². The molecule has 3 aromatic carbocycles. The number of methoxy groups -OCH3 is 1.